The van der Waals surface area contributed by atoms with Crippen LogP contribution in [0.15, 0.2) is 72.1 Å². The number of nitrogens with zero attached hydrogens (tertiary/aromatic N) is 3. The van der Waals surface area contributed by atoms with Crippen molar-refractivity contribution in [3.8, 4) is 17.3 Å². The van der Waals surface area contributed by atoms with Crippen molar-refractivity contribution < 1.29 is 18.7 Å². The van der Waals surface area contributed by atoms with Gasteiger partial charge in [-0.25, -0.2) is 9.07 Å². The largest absolute Gasteiger partial charge is 0.435 e. The Labute approximate surface area is 213 Å². The van der Waals surface area contributed by atoms with E-state index in [1.165, 1.54) is 17.4 Å². The van der Waals surface area contributed by atoms with Gasteiger partial charge in [-0.2, -0.15) is 5.10 Å². The molecule has 0 aliphatic carbocycles. The molecule has 0 radical (unpaired) electrons. The van der Waals surface area contributed by atoms with E-state index in [1.54, 1.807) is 22.9 Å². The quantitative estimate of drug-likeness (QED) is 0.270. The van der Waals surface area contributed by atoms with Crippen LogP contribution in [0.1, 0.15) is 40.7 Å². The number of hydrogen-bond acceptors (Lipinski definition) is 5. The molecule has 3 heterocycles. The van der Waals surface area contributed by atoms with Gasteiger partial charge >= 0.3 is 0 Å². The molecule has 8 heteroatoms. The molecule has 4 aromatic rings. The zero-order chi connectivity index (χ0) is 24.9. The van der Waals surface area contributed by atoms with Gasteiger partial charge in [0.25, 0.3) is 5.91 Å². The fourth-order valence-corrected chi connectivity index (χ4v) is 5.09. The fraction of sp³-hybridized carbons (Fsp3) is 0.286. The first-order chi connectivity index (χ1) is 17.6. The second-order valence-corrected chi connectivity index (χ2v) is 9.61. The topological polar surface area (TPSA) is 56.6 Å². The molecular weight excluding hydrogens is 477 g/mol. The summed E-state index contributed by atoms with van der Waals surface area (Å²) in [5.41, 5.74) is 2.34. The monoisotopic (exact) mass is 505 g/mol. The van der Waals surface area contributed by atoms with Crippen LogP contribution >= 0.6 is 11.3 Å². The minimum Gasteiger partial charge on any atom is -0.435 e. The van der Waals surface area contributed by atoms with Crippen LogP contribution in [0.4, 0.5) is 4.39 Å². The van der Waals surface area contributed by atoms with E-state index in [9.17, 15) is 9.18 Å². The lowest BCUT2D eigenvalue weighted by Gasteiger charge is -2.25. The summed E-state index contributed by atoms with van der Waals surface area (Å²) < 4.78 is 28.4. The number of thiophene rings is 1. The van der Waals surface area contributed by atoms with Crippen LogP contribution in [0.3, 0.4) is 0 Å². The van der Waals surface area contributed by atoms with Crippen LogP contribution in [-0.2, 0) is 17.7 Å². The smallest absolute Gasteiger partial charge is 0.264 e. The first-order valence-electron chi connectivity index (χ1n) is 12.2. The van der Waals surface area contributed by atoms with Gasteiger partial charge < -0.3 is 14.4 Å². The second-order valence-electron chi connectivity index (χ2n) is 8.66. The number of carbonyl (C=O) groups is 1. The second kappa shape index (κ2) is 11.1. The van der Waals surface area contributed by atoms with Gasteiger partial charge in [0.2, 0.25) is 5.88 Å². The number of benzene rings is 2. The molecule has 2 aromatic carbocycles. The normalized spacial score (nSPS) is 15.2. The van der Waals surface area contributed by atoms with Crippen molar-refractivity contribution in [3.05, 3.63) is 94.1 Å². The summed E-state index contributed by atoms with van der Waals surface area (Å²) >= 11 is 1.41. The van der Waals surface area contributed by atoms with Crippen molar-refractivity contribution in [2.24, 2.45) is 0 Å². The van der Waals surface area contributed by atoms with Crippen LogP contribution < -0.4 is 4.74 Å². The Bertz CT molecular complexity index is 1300. The van der Waals surface area contributed by atoms with Crippen molar-refractivity contribution in [1.82, 2.24) is 14.7 Å². The summed E-state index contributed by atoms with van der Waals surface area (Å²) in [6, 6.07) is 19.6. The van der Waals surface area contributed by atoms with Crippen molar-refractivity contribution in [2.75, 3.05) is 13.2 Å². The molecule has 0 saturated carbocycles. The van der Waals surface area contributed by atoms with Gasteiger partial charge in [-0.3, -0.25) is 4.79 Å². The summed E-state index contributed by atoms with van der Waals surface area (Å²) in [5, 5.41) is 6.73. The number of ether oxygens (including phenoxy) is 2. The maximum Gasteiger partial charge on any atom is 0.264 e. The molecule has 0 spiro atoms. The number of aromatic nitrogens is 2. The van der Waals surface area contributed by atoms with Crippen LogP contribution in [0.5, 0.6) is 11.6 Å². The highest BCUT2D eigenvalue weighted by molar-refractivity contribution is 7.12. The minimum atomic E-state index is -0.465. The van der Waals surface area contributed by atoms with Gasteiger partial charge in [-0.15, -0.1) is 11.3 Å². The summed E-state index contributed by atoms with van der Waals surface area (Å²) in [7, 11) is 0. The Hall–Kier alpha value is -3.49. The van der Waals surface area contributed by atoms with Gasteiger partial charge in [0, 0.05) is 13.2 Å². The Morgan fingerprint density at radius 3 is 2.67 bits per heavy atom. The lowest BCUT2D eigenvalue weighted by Crippen LogP contribution is -2.36. The molecule has 0 N–H and O–H groups in total. The maximum atomic E-state index is 14.6. The average Bonchev–Trinajstić information content (AvgIpc) is 3.68. The number of amides is 1. The van der Waals surface area contributed by atoms with Crippen LogP contribution in [0.25, 0.3) is 5.69 Å². The number of hydrogen-bond donors (Lipinski definition) is 0. The average molecular weight is 506 g/mol. The van der Waals surface area contributed by atoms with Crippen molar-refractivity contribution in [3.63, 3.8) is 0 Å². The van der Waals surface area contributed by atoms with E-state index < -0.39 is 5.82 Å². The zero-order valence-electron chi connectivity index (χ0n) is 20.1. The van der Waals surface area contributed by atoms with E-state index in [0.29, 0.717) is 30.3 Å². The van der Waals surface area contributed by atoms with E-state index in [2.05, 4.69) is 0 Å². The maximum absolute atomic E-state index is 14.6. The SMILES string of the molecule is CCc1nn(-c2ccccc2)c(Oc2ccccc2F)c1CN(C[C@@H]1CCCO1)C(=O)c1cccs1. The Morgan fingerprint density at radius 1 is 1.17 bits per heavy atom. The predicted octanol–water partition coefficient (Wildman–Crippen LogP) is 6.25. The van der Waals surface area contributed by atoms with E-state index in [4.69, 9.17) is 14.6 Å². The Morgan fingerprint density at radius 2 is 1.97 bits per heavy atom. The molecular formula is C28H28FN3O3S. The van der Waals surface area contributed by atoms with Gasteiger partial charge in [0.1, 0.15) is 0 Å². The van der Waals surface area contributed by atoms with Gasteiger partial charge in [0.05, 0.1) is 34.5 Å². The molecule has 5 rings (SSSR count). The van der Waals surface area contributed by atoms with Gasteiger partial charge in [0.15, 0.2) is 11.6 Å². The summed E-state index contributed by atoms with van der Waals surface area (Å²) in [6.07, 6.45) is 2.51. The molecule has 1 saturated heterocycles. The highest BCUT2D eigenvalue weighted by atomic mass is 32.1. The summed E-state index contributed by atoms with van der Waals surface area (Å²) in [5.74, 6) is -0.0201. The molecule has 186 valence electrons. The Balaban J connectivity index is 1.58. The zero-order valence-corrected chi connectivity index (χ0v) is 20.9. The van der Waals surface area contributed by atoms with E-state index in [0.717, 1.165) is 29.8 Å². The number of aryl methyl sites for hydroxylation is 1. The molecule has 1 aliphatic rings. The lowest BCUT2D eigenvalue weighted by atomic mass is 10.1. The van der Waals surface area contributed by atoms with E-state index in [1.807, 2.05) is 59.7 Å². The molecule has 36 heavy (non-hydrogen) atoms. The fourth-order valence-electron chi connectivity index (χ4n) is 4.40. The third-order valence-corrected chi connectivity index (χ3v) is 7.07. The third kappa shape index (κ3) is 5.20. The lowest BCUT2D eigenvalue weighted by molar-refractivity contribution is 0.0509. The van der Waals surface area contributed by atoms with E-state index >= 15 is 0 Å². The molecule has 1 atom stereocenters. The number of carbonyl (C=O) groups excluding carboxylic acids is 1. The Kier molecular flexibility index (Phi) is 7.44. The summed E-state index contributed by atoms with van der Waals surface area (Å²) in [4.78, 5) is 16.0. The van der Waals surface area contributed by atoms with E-state index in [-0.39, 0.29) is 24.3 Å². The van der Waals surface area contributed by atoms with Crippen molar-refractivity contribution in [1.29, 1.82) is 0 Å². The molecule has 1 amide bonds. The molecule has 6 nitrogen and oxygen atoms in total. The minimum absolute atomic E-state index is 0.0147. The number of rotatable bonds is 9. The molecule has 2 aromatic heterocycles. The van der Waals surface area contributed by atoms with Gasteiger partial charge in [-0.05, 0) is 55.0 Å². The molecule has 0 bridgehead atoms. The molecule has 1 aliphatic heterocycles. The summed E-state index contributed by atoms with van der Waals surface area (Å²) in [6.45, 7) is 3.46. The van der Waals surface area contributed by atoms with Crippen molar-refractivity contribution >= 4 is 17.2 Å². The highest BCUT2D eigenvalue weighted by Crippen LogP contribution is 2.34. The highest BCUT2D eigenvalue weighted by Gasteiger charge is 2.29. The number of halogens is 1. The first-order valence-corrected chi connectivity index (χ1v) is 13.0. The number of para-hydroxylation sites is 2. The van der Waals surface area contributed by atoms with Crippen LogP contribution in [-0.4, -0.2) is 39.8 Å². The first kappa shape index (κ1) is 24.2. The van der Waals surface area contributed by atoms with Crippen LogP contribution in [0.2, 0.25) is 0 Å². The van der Waals surface area contributed by atoms with Crippen LogP contribution in [0, 0.1) is 5.82 Å². The van der Waals surface area contributed by atoms with Gasteiger partial charge in [-0.1, -0.05) is 43.3 Å². The molecule has 0 unspecified atom stereocenters. The standard InChI is InChI=1S/C28H28FN3O3S/c1-2-24-22(19-31(18-21-12-8-16-34-21)27(33)26-15-9-17-36-26)28(35-25-14-7-6-13-23(25)29)32(30-24)20-10-4-3-5-11-20/h3-7,9-11,13-15,17,21H,2,8,12,16,18-19H2,1H3/t21-/m0/s1. The van der Waals surface area contributed by atoms with Crippen molar-refractivity contribution in [2.45, 2.75) is 38.8 Å². The molecule has 1 fully saturated rings. The third-order valence-electron chi connectivity index (χ3n) is 6.21. The predicted molar refractivity (Wildman–Crippen MR) is 137 cm³/mol.